The third-order valence-electron chi connectivity index (χ3n) is 10.7. The van der Waals surface area contributed by atoms with Crippen LogP contribution in [0.4, 0.5) is 5.69 Å². The van der Waals surface area contributed by atoms with Crippen LogP contribution in [0.3, 0.4) is 0 Å². The number of nitrogens with one attached hydrogen (secondary N) is 1. The third-order valence-corrected chi connectivity index (χ3v) is 12.2. The monoisotopic (exact) mass is 672 g/mol. The third kappa shape index (κ3) is 8.11. The van der Waals surface area contributed by atoms with Crippen LogP contribution >= 0.6 is 11.6 Å². The molecule has 7 unspecified atom stereocenters. The lowest BCUT2D eigenvalue weighted by Crippen LogP contribution is -2.47. The summed E-state index contributed by atoms with van der Waals surface area (Å²) in [6, 6.07) is 14.5. The molecule has 6 rings (SSSR count). The number of fused-ring (bicyclic) bond motifs is 2. The van der Waals surface area contributed by atoms with Gasteiger partial charge in [0, 0.05) is 36.9 Å². The van der Waals surface area contributed by atoms with E-state index in [0.29, 0.717) is 29.9 Å². The number of amides is 1. The molecule has 7 nitrogen and oxygen atoms in total. The first-order valence-corrected chi connectivity index (χ1v) is 19.3. The van der Waals surface area contributed by atoms with Gasteiger partial charge < -0.3 is 19.1 Å². The van der Waals surface area contributed by atoms with Gasteiger partial charge in [-0.2, -0.15) is 0 Å². The van der Waals surface area contributed by atoms with Gasteiger partial charge in [0.25, 0.3) is 5.91 Å². The van der Waals surface area contributed by atoms with Crippen molar-refractivity contribution >= 4 is 34.2 Å². The highest BCUT2D eigenvalue weighted by molar-refractivity contribution is 7.84. The van der Waals surface area contributed by atoms with Gasteiger partial charge in [-0.3, -0.25) is 9.52 Å². The first-order valence-electron chi connectivity index (χ1n) is 17.3. The number of ether oxygens (including phenoxy) is 3. The molecule has 2 bridgehead atoms. The molecule has 0 radical (unpaired) electrons. The van der Waals surface area contributed by atoms with Crippen molar-refractivity contribution in [3.63, 3.8) is 0 Å². The predicted molar refractivity (Wildman–Crippen MR) is 187 cm³/mol. The molecule has 3 heterocycles. The summed E-state index contributed by atoms with van der Waals surface area (Å²) in [6.45, 7) is 10.2. The molecule has 2 aromatic rings. The van der Waals surface area contributed by atoms with Crippen LogP contribution in [0.25, 0.3) is 0 Å². The number of hydrogen-bond acceptors (Lipinski definition) is 6. The number of carbonyl (C=O) groups is 1. The molecule has 7 atom stereocenters. The fourth-order valence-electron chi connectivity index (χ4n) is 7.76. The molecule has 2 fully saturated rings. The van der Waals surface area contributed by atoms with Crippen molar-refractivity contribution in [3.05, 3.63) is 59.2 Å². The van der Waals surface area contributed by atoms with Crippen LogP contribution in [-0.4, -0.2) is 60.9 Å². The van der Waals surface area contributed by atoms with Crippen molar-refractivity contribution < 1.29 is 23.2 Å². The van der Waals surface area contributed by atoms with E-state index in [1.807, 2.05) is 25.1 Å². The summed E-state index contributed by atoms with van der Waals surface area (Å²) in [5, 5.41) is -0.145. The number of anilines is 1. The highest BCUT2D eigenvalue weighted by Crippen LogP contribution is 2.47. The lowest BCUT2D eigenvalue weighted by Gasteiger charge is -2.47. The zero-order valence-corrected chi connectivity index (χ0v) is 29.6. The Morgan fingerprint density at radius 1 is 0.957 bits per heavy atom. The van der Waals surface area contributed by atoms with Crippen molar-refractivity contribution in [3.8, 4) is 5.75 Å². The summed E-state index contributed by atoms with van der Waals surface area (Å²) < 4.78 is 35.1. The van der Waals surface area contributed by atoms with Gasteiger partial charge in [0.15, 0.2) is 6.29 Å². The van der Waals surface area contributed by atoms with Crippen molar-refractivity contribution in [2.45, 2.75) is 89.6 Å². The number of rotatable bonds is 4. The highest BCUT2D eigenvalue weighted by atomic mass is 35.5. The average Bonchev–Trinajstić information content (AvgIpc) is 3.26. The molecule has 3 aliphatic heterocycles. The topological polar surface area (TPSA) is 77.1 Å². The molecule has 1 saturated heterocycles. The standard InChI is InChI=1S/C36H50N2O5S.CH3Cl/c1-4-9-26-11-5-6-12-30(26)29-22-38-21-28-14-16-31(28)32(36-41-18-8-19-42-36)13-7-10-24(2)25(3)44(40)37-35(39)27-15-17-34(43-23-29)33(38)20-27;1-2/h5-6,11-12,15,17,20,24-25,28-29,31-32,36H,4,7-10,13-14,16,18-19,21-23H2,1-3H3,(H,37,39);1H3. The molecule has 1 N–H and O–H groups in total. The summed E-state index contributed by atoms with van der Waals surface area (Å²) in [5.74, 6) is 2.34. The fraction of sp³-hybridized carbons (Fsp3) is 0.649. The molecular weight excluding hydrogens is 620 g/mol. The summed E-state index contributed by atoms with van der Waals surface area (Å²) in [7, 11) is -1.48. The van der Waals surface area contributed by atoms with Gasteiger partial charge in [-0.1, -0.05) is 51.0 Å². The minimum atomic E-state index is -1.48. The van der Waals surface area contributed by atoms with E-state index in [9.17, 15) is 9.00 Å². The summed E-state index contributed by atoms with van der Waals surface area (Å²) in [5.41, 5.74) is 4.23. The molecule has 2 aromatic carbocycles. The Bertz CT molecular complexity index is 1320. The lowest BCUT2D eigenvalue weighted by molar-refractivity contribution is -0.224. The Labute approximate surface area is 283 Å². The van der Waals surface area contributed by atoms with Gasteiger partial charge in [-0.15, -0.1) is 11.6 Å². The van der Waals surface area contributed by atoms with Gasteiger partial charge in [0.1, 0.15) is 16.7 Å². The van der Waals surface area contributed by atoms with E-state index in [1.165, 1.54) is 30.4 Å². The molecule has 1 amide bonds. The molecule has 1 aliphatic carbocycles. The summed E-state index contributed by atoms with van der Waals surface area (Å²) >= 11 is 4.64. The normalized spacial score (nSPS) is 30.8. The van der Waals surface area contributed by atoms with Crippen LogP contribution in [-0.2, 0) is 26.9 Å². The van der Waals surface area contributed by atoms with E-state index in [1.54, 1.807) is 0 Å². The number of nitrogens with zero attached hydrogens (tertiary/aromatic N) is 1. The van der Waals surface area contributed by atoms with Gasteiger partial charge in [-0.05, 0) is 92.5 Å². The average molecular weight is 673 g/mol. The molecule has 254 valence electrons. The van der Waals surface area contributed by atoms with Crippen LogP contribution in [0.1, 0.15) is 93.1 Å². The van der Waals surface area contributed by atoms with E-state index >= 15 is 0 Å². The van der Waals surface area contributed by atoms with Crippen LogP contribution in [0.2, 0.25) is 0 Å². The van der Waals surface area contributed by atoms with Crippen molar-refractivity contribution in [2.75, 3.05) is 44.2 Å². The van der Waals surface area contributed by atoms with Gasteiger partial charge in [-0.25, -0.2) is 4.21 Å². The quantitative estimate of drug-likeness (QED) is 0.340. The fourth-order valence-corrected chi connectivity index (χ4v) is 8.81. The SMILES string of the molecule is CCCc1ccccc1C1COc2ccc3cc2N(C1)CC1CCC1C(C1OCCCO1)CCCC(C)C(C)S(=O)NC3=O.CCl. The van der Waals surface area contributed by atoms with Crippen molar-refractivity contribution in [1.29, 1.82) is 0 Å². The minimum absolute atomic E-state index is 0.142. The first-order chi connectivity index (χ1) is 22.4. The van der Waals surface area contributed by atoms with E-state index in [-0.39, 0.29) is 29.3 Å². The molecule has 1 saturated carbocycles. The number of halogens is 1. The second kappa shape index (κ2) is 16.8. The first kappa shape index (κ1) is 35.2. The van der Waals surface area contributed by atoms with Crippen LogP contribution < -0.4 is 14.4 Å². The number of carbonyl (C=O) groups excluding carboxylic acids is 1. The largest absolute Gasteiger partial charge is 0.491 e. The summed E-state index contributed by atoms with van der Waals surface area (Å²) in [4.78, 5) is 15.9. The Kier molecular flexibility index (Phi) is 12.9. The number of hydrogen-bond donors (Lipinski definition) is 1. The molecule has 46 heavy (non-hydrogen) atoms. The Balaban J connectivity index is 0.00000204. The maximum Gasteiger partial charge on any atom is 0.263 e. The van der Waals surface area contributed by atoms with Gasteiger partial charge in [0.05, 0.1) is 30.8 Å². The highest BCUT2D eigenvalue weighted by Gasteiger charge is 2.43. The predicted octanol–water partition coefficient (Wildman–Crippen LogP) is 7.48. The number of aryl methyl sites for hydroxylation is 1. The minimum Gasteiger partial charge on any atom is -0.491 e. The zero-order valence-electron chi connectivity index (χ0n) is 28.0. The Morgan fingerprint density at radius 2 is 1.74 bits per heavy atom. The molecule has 4 aliphatic rings. The van der Waals surface area contributed by atoms with E-state index in [0.717, 1.165) is 76.3 Å². The maximum absolute atomic E-state index is 13.4. The Morgan fingerprint density at radius 3 is 2.48 bits per heavy atom. The van der Waals surface area contributed by atoms with E-state index in [4.69, 9.17) is 14.2 Å². The summed E-state index contributed by atoms with van der Waals surface area (Å²) in [6.07, 6.45) is 9.84. The second-order valence-corrected chi connectivity index (χ2v) is 15.1. The zero-order chi connectivity index (χ0) is 32.6. The lowest BCUT2D eigenvalue weighted by atomic mass is 9.65. The number of benzene rings is 2. The van der Waals surface area contributed by atoms with E-state index in [2.05, 4.69) is 59.3 Å². The van der Waals surface area contributed by atoms with E-state index < -0.39 is 11.0 Å². The second-order valence-electron chi connectivity index (χ2n) is 13.5. The molecular formula is C37H53ClN2O5S. The molecule has 0 spiro atoms. The van der Waals surface area contributed by atoms with Crippen LogP contribution in [0.5, 0.6) is 5.75 Å². The van der Waals surface area contributed by atoms with Crippen molar-refractivity contribution in [1.82, 2.24) is 4.72 Å². The van der Waals surface area contributed by atoms with Crippen LogP contribution in [0, 0.1) is 23.7 Å². The van der Waals surface area contributed by atoms with Gasteiger partial charge in [0.2, 0.25) is 0 Å². The van der Waals surface area contributed by atoms with Crippen LogP contribution in [0.15, 0.2) is 42.5 Å². The maximum atomic E-state index is 13.4. The number of alkyl halides is 1. The van der Waals surface area contributed by atoms with Gasteiger partial charge >= 0.3 is 0 Å². The Hall–Kier alpha value is -2.13. The smallest absolute Gasteiger partial charge is 0.263 e. The molecule has 0 aromatic heterocycles. The van der Waals surface area contributed by atoms with Crippen molar-refractivity contribution in [2.24, 2.45) is 23.7 Å². The molecule has 9 heteroatoms.